The molecule has 7 nitrogen and oxygen atoms in total. The van der Waals surface area contributed by atoms with Gasteiger partial charge in [0.05, 0.1) is 12.8 Å². The van der Waals surface area contributed by atoms with E-state index in [0.29, 0.717) is 4.91 Å². The number of alkyl carbamates (subject to hydrolysis) is 1. The van der Waals surface area contributed by atoms with Crippen molar-refractivity contribution < 1.29 is 22.1 Å². The molecule has 21 heavy (non-hydrogen) atoms. The second-order valence-corrected chi connectivity index (χ2v) is 7.72. The summed E-state index contributed by atoms with van der Waals surface area (Å²) in [7, 11) is -1.90. The van der Waals surface area contributed by atoms with Crippen LogP contribution in [0.3, 0.4) is 0 Å². The molecular weight excluding hydrogens is 316 g/mol. The molecule has 124 valence electrons. The fourth-order valence-corrected chi connectivity index (χ4v) is 2.09. The number of carbonyl (C=O) groups is 1. The lowest BCUT2D eigenvalue weighted by Crippen LogP contribution is -2.34. The molecule has 0 radical (unpaired) electrons. The standard InChI is InChI=1S/C12H24N2O5S2/c1-9(19-21(6,16)17)14(5)8-10(20)7-13-11(15)18-12(2,3)4/h8-9,20H,7H2,1-6H3,(H,13,15)/b10-8-. The first-order valence-electron chi connectivity index (χ1n) is 6.27. The Labute approximate surface area is 132 Å². The van der Waals surface area contributed by atoms with E-state index in [9.17, 15) is 13.2 Å². The van der Waals surface area contributed by atoms with Gasteiger partial charge in [-0.1, -0.05) is 0 Å². The van der Waals surface area contributed by atoms with Crippen LogP contribution < -0.4 is 5.32 Å². The molecule has 0 aliphatic rings. The molecule has 1 atom stereocenters. The van der Waals surface area contributed by atoms with Gasteiger partial charge in [-0.3, -0.25) is 0 Å². The monoisotopic (exact) mass is 340 g/mol. The fourth-order valence-electron chi connectivity index (χ4n) is 1.18. The first kappa shape index (κ1) is 20.1. The minimum absolute atomic E-state index is 0.161. The van der Waals surface area contributed by atoms with E-state index in [1.807, 2.05) is 0 Å². The van der Waals surface area contributed by atoms with Crippen molar-refractivity contribution in [2.45, 2.75) is 39.5 Å². The lowest BCUT2D eigenvalue weighted by atomic mass is 10.2. The van der Waals surface area contributed by atoms with Crippen molar-refractivity contribution in [1.82, 2.24) is 10.2 Å². The summed E-state index contributed by atoms with van der Waals surface area (Å²) in [6.07, 6.45) is 1.32. The highest BCUT2D eigenvalue weighted by molar-refractivity contribution is 7.86. The molecule has 0 aliphatic heterocycles. The lowest BCUT2D eigenvalue weighted by Gasteiger charge is -2.23. The van der Waals surface area contributed by atoms with Gasteiger partial charge in [-0.05, 0) is 27.7 Å². The van der Waals surface area contributed by atoms with E-state index >= 15 is 0 Å². The molecule has 0 rings (SSSR count). The summed E-state index contributed by atoms with van der Waals surface area (Å²) in [6, 6.07) is 0. The van der Waals surface area contributed by atoms with Crippen molar-refractivity contribution in [2.75, 3.05) is 19.8 Å². The maximum Gasteiger partial charge on any atom is 0.407 e. The van der Waals surface area contributed by atoms with Crippen LogP contribution in [0, 0.1) is 0 Å². The Morgan fingerprint density at radius 2 is 1.95 bits per heavy atom. The van der Waals surface area contributed by atoms with Crippen molar-refractivity contribution in [3.63, 3.8) is 0 Å². The van der Waals surface area contributed by atoms with Crippen LogP contribution in [0.1, 0.15) is 27.7 Å². The molecule has 0 spiro atoms. The van der Waals surface area contributed by atoms with Crippen LogP contribution in [0.25, 0.3) is 0 Å². The molecule has 0 saturated heterocycles. The van der Waals surface area contributed by atoms with Gasteiger partial charge in [0.2, 0.25) is 0 Å². The normalized spacial score (nSPS) is 14.5. The molecule has 1 N–H and O–H groups in total. The third kappa shape index (κ3) is 11.4. The number of thiol groups is 1. The minimum atomic E-state index is -3.54. The van der Waals surface area contributed by atoms with E-state index < -0.39 is 28.0 Å². The molecule has 0 heterocycles. The lowest BCUT2D eigenvalue weighted by molar-refractivity contribution is 0.0533. The van der Waals surface area contributed by atoms with Crippen LogP contribution in [0.2, 0.25) is 0 Å². The Balaban J connectivity index is 4.38. The van der Waals surface area contributed by atoms with Gasteiger partial charge in [-0.15, -0.1) is 12.6 Å². The predicted octanol–water partition coefficient (Wildman–Crippen LogP) is 1.54. The number of carbonyl (C=O) groups excluding carboxylic acids is 1. The Kier molecular flexibility index (Phi) is 7.55. The zero-order valence-corrected chi connectivity index (χ0v) is 14.9. The summed E-state index contributed by atoms with van der Waals surface area (Å²) in [5.74, 6) is 0. The SMILES string of the molecule is CC(OS(C)(=O)=O)N(C)/C=C(\S)CNC(=O)OC(C)(C)C. The molecule has 0 aromatic heterocycles. The third-order valence-electron chi connectivity index (χ3n) is 2.05. The molecule has 9 heteroatoms. The zero-order valence-electron chi connectivity index (χ0n) is 13.2. The Hall–Kier alpha value is -0.930. The van der Waals surface area contributed by atoms with E-state index in [-0.39, 0.29) is 6.54 Å². The number of ether oxygens (including phenoxy) is 1. The number of hydrogen-bond acceptors (Lipinski definition) is 7. The van der Waals surface area contributed by atoms with Crippen LogP contribution in [-0.4, -0.2) is 51.1 Å². The topological polar surface area (TPSA) is 84.9 Å². The van der Waals surface area contributed by atoms with Gasteiger partial charge in [0.15, 0.2) is 0 Å². The maximum absolute atomic E-state index is 11.5. The van der Waals surface area contributed by atoms with E-state index in [1.165, 1.54) is 4.90 Å². The van der Waals surface area contributed by atoms with Gasteiger partial charge in [0.25, 0.3) is 10.1 Å². The molecule has 0 aromatic carbocycles. The molecule has 0 aliphatic carbocycles. The van der Waals surface area contributed by atoms with E-state index in [2.05, 4.69) is 17.9 Å². The largest absolute Gasteiger partial charge is 0.444 e. The molecule has 0 saturated carbocycles. The van der Waals surface area contributed by atoms with Crippen LogP contribution in [0.5, 0.6) is 0 Å². The van der Waals surface area contributed by atoms with Gasteiger partial charge < -0.3 is 15.0 Å². The zero-order chi connectivity index (χ0) is 16.8. The summed E-state index contributed by atoms with van der Waals surface area (Å²) in [4.78, 5) is 13.5. The summed E-state index contributed by atoms with van der Waals surface area (Å²) in [5, 5.41) is 2.54. The minimum Gasteiger partial charge on any atom is -0.444 e. The first-order chi connectivity index (χ1) is 9.30. The maximum atomic E-state index is 11.5. The highest BCUT2D eigenvalue weighted by Crippen LogP contribution is 2.09. The van der Waals surface area contributed by atoms with Crippen molar-refractivity contribution >= 4 is 28.8 Å². The van der Waals surface area contributed by atoms with E-state index in [4.69, 9.17) is 8.92 Å². The van der Waals surface area contributed by atoms with Crippen LogP contribution >= 0.6 is 12.6 Å². The van der Waals surface area contributed by atoms with Crippen LogP contribution in [0.4, 0.5) is 4.79 Å². The highest BCUT2D eigenvalue weighted by Gasteiger charge is 2.16. The summed E-state index contributed by atoms with van der Waals surface area (Å²) >= 11 is 4.21. The van der Waals surface area contributed by atoms with Gasteiger partial charge >= 0.3 is 6.09 Å². The molecule has 1 unspecified atom stereocenters. The molecule has 0 bridgehead atoms. The summed E-state index contributed by atoms with van der Waals surface area (Å²) in [5.41, 5.74) is -0.570. The average Bonchev–Trinajstić information content (AvgIpc) is 2.21. The number of rotatable bonds is 6. The van der Waals surface area contributed by atoms with E-state index in [0.717, 1.165) is 6.26 Å². The fraction of sp³-hybridized carbons (Fsp3) is 0.750. The number of hydrogen-bond donors (Lipinski definition) is 2. The van der Waals surface area contributed by atoms with Gasteiger partial charge in [-0.25, -0.2) is 8.98 Å². The van der Waals surface area contributed by atoms with Crippen molar-refractivity contribution in [2.24, 2.45) is 0 Å². The average molecular weight is 340 g/mol. The van der Waals surface area contributed by atoms with E-state index in [1.54, 1.807) is 40.9 Å². The molecule has 0 fully saturated rings. The number of nitrogens with one attached hydrogen (secondary N) is 1. The van der Waals surface area contributed by atoms with Crippen molar-refractivity contribution in [3.8, 4) is 0 Å². The Morgan fingerprint density at radius 1 is 1.43 bits per heavy atom. The van der Waals surface area contributed by atoms with Gasteiger partial charge in [0.1, 0.15) is 11.8 Å². The predicted molar refractivity (Wildman–Crippen MR) is 84.5 cm³/mol. The van der Waals surface area contributed by atoms with Crippen LogP contribution in [0.15, 0.2) is 11.1 Å². The molecule has 0 aromatic rings. The number of amides is 1. The third-order valence-corrected chi connectivity index (χ3v) is 2.95. The van der Waals surface area contributed by atoms with Crippen molar-refractivity contribution in [1.29, 1.82) is 0 Å². The van der Waals surface area contributed by atoms with Gasteiger partial charge in [0, 0.05) is 18.2 Å². The molecular formula is C12H24N2O5S2. The molecule has 1 amide bonds. The number of nitrogens with zero attached hydrogens (tertiary/aromatic N) is 1. The quantitative estimate of drug-likeness (QED) is 0.433. The summed E-state index contributed by atoms with van der Waals surface area (Å²) in [6.45, 7) is 7.04. The second kappa shape index (κ2) is 7.90. The second-order valence-electron chi connectivity index (χ2n) is 5.54. The highest BCUT2D eigenvalue weighted by atomic mass is 32.2. The first-order valence-corrected chi connectivity index (χ1v) is 8.53. The smallest absolute Gasteiger partial charge is 0.407 e. The van der Waals surface area contributed by atoms with Crippen LogP contribution in [-0.2, 0) is 19.0 Å². The van der Waals surface area contributed by atoms with Gasteiger partial charge in [-0.2, -0.15) is 8.42 Å². The summed E-state index contributed by atoms with van der Waals surface area (Å²) < 4.78 is 31.9. The Morgan fingerprint density at radius 3 is 2.38 bits per heavy atom. The van der Waals surface area contributed by atoms with Crippen molar-refractivity contribution in [3.05, 3.63) is 11.1 Å². The Bertz CT molecular complexity index is 482.